The molecule has 1 aromatic heterocycles. The summed E-state index contributed by atoms with van der Waals surface area (Å²) in [6.07, 6.45) is -2.60. The maximum absolute atomic E-state index is 12.5. The third-order valence-corrected chi connectivity index (χ3v) is 2.64. The van der Waals surface area contributed by atoms with Crippen molar-refractivity contribution in [1.29, 1.82) is 0 Å². The van der Waals surface area contributed by atoms with E-state index < -0.39 is 11.7 Å². The lowest BCUT2D eigenvalue weighted by molar-refractivity contribution is -0.137. The summed E-state index contributed by atoms with van der Waals surface area (Å²) in [5.41, 5.74) is 0.963. The Hall–Kier alpha value is -2.04. The summed E-state index contributed by atoms with van der Waals surface area (Å²) < 4.78 is 37.6. The molecule has 0 aliphatic rings. The minimum absolute atomic E-state index is 0.306. The quantitative estimate of drug-likeness (QED) is 0.907. The number of alkyl halides is 3. The number of halogens is 3. The summed E-state index contributed by atoms with van der Waals surface area (Å²) in [5, 5.41) is 2.99. The van der Waals surface area contributed by atoms with E-state index in [0.717, 1.165) is 17.7 Å². The van der Waals surface area contributed by atoms with Gasteiger partial charge in [0.25, 0.3) is 0 Å². The molecular weight excluding hydrogens is 253 g/mol. The van der Waals surface area contributed by atoms with E-state index in [9.17, 15) is 13.2 Å². The van der Waals surface area contributed by atoms with E-state index >= 15 is 0 Å². The molecule has 0 fully saturated rings. The van der Waals surface area contributed by atoms with E-state index in [1.54, 1.807) is 18.3 Å². The van der Waals surface area contributed by atoms with Gasteiger partial charge in [-0.05, 0) is 36.2 Å². The summed E-state index contributed by atoms with van der Waals surface area (Å²) in [4.78, 5) is 4.13. The molecule has 1 aromatic carbocycles. The van der Waals surface area contributed by atoms with Crippen LogP contribution in [0.2, 0.25) is 0 Å². The largest absolute Gasteiger partial charge is 0.416 e. The zero-order valence-electron chi connectivity index (χ0n) is 10.3. The van der Waals surface area contributed by atoms with Crippen LogP contribution in [0.1, 0.15) is 16.7 Å². The normalized spacial score (nSPS) is 11.4. The number of aryl methyl sites for hydroxylation is 1. The highest BCUT2D eigenvalue weighted by Gasteiger charge is 2.30. The molecule has 0 unspecified atom stereocenters. The molecule has 1 heterocycles. The number of nitrogens with zero attached hydrogens (tertiary/aromatic N) is 1. The van der Waals surface area contributed by atoms with Gasteiger partial charge >= 0.3 is 6.18 Å². The first-order valence-electron chi connectivity index (χ1n) is 5.78. The fraction of sp³-hybridized carbons (Fsp3) is 0.214. The van der Waals surface area contributed by atoms with Gasteiger partial charge in [0.2, 0.25) is 0 Å². The fourth-order valence-corrected chi connectivity index (χ4v) is 1.62. The number of pyridine rings is 1. The first-order chi connectivity index (χ1) is 8.95. The molecule has 0 radical (unpaired) electrons. The van der Waals surface area contributed by atoms with Gasteiger partial charge in [0, 0.05) is 12.7 Å². The van der Waals surface area contributed by atoms with Crippen molar-refractivity contribution in [3.8, 4) is 0 Å². The molecule has 2 nitrogen and oxygen atoms in total. The zero-order valence-corrected chi connectivity index (χ0v) is 10.3. The molecule has 0 atom stereocenters. The SMILES string of the molecule is Cc1ccc(NCc2cccc(C(F)(F)F)c2)nc1. The van der Waals surface area contributed by atoms with Crippen LogP contribution in [0.3, 0.4) is 0 Å². The van der Waals surface area contributed by atoms with Gasteiger partial charge in [-0.1, -0.05) is 18.2 Å². The van der Waals surface area contributed by atoms with Crippen molar-refractivity contribution in [2.75, 3.05) is 5.32 Å². The van der Waals surface area contributed by atoms with Crippen LogP contribution in [-0.2, 0) is 12.7 Å². The van der Waals surface area contributed by atoms with Gasteiger partial charge in [-0.2, -0.15) is 13.2 Å². The van der Waals surface area contributed by atoms with Gasteiger partial charge in [0.1, 0.15) is 5.82 Å². The molecule has 0 amide bonds. The molecule has 19 heavy (non-hydrogen) atoms. The molecule has 5 heteroatoms. The number of rotatable bonds is 3. The van der Waals surface area contributed by atoms with Crippen molar-refractivity contribution in [2.24, 2.45) is 0 Å². The molecule has 0 aliphatic heterocycles. The number of hydrogen-bond acceptors (Lipinski definition) is 2. The van der Waals surface area contributed by atoms with Gasteiger partial charge in [0.15, 0.2) is 0 Å². The van der Waals surface area contributed by atoms with E-state index in [2.05, 4.69) is 10.3 Å². The summed E-state index contributed by atoms with van der Waals surface area (Å²) in [6, 6.07) is 8.94. The van der Waals surface area contributed by atoms with Crippen molar-refractivity contribution >= 4 is 5.82 Å². The third kappa shape index (κ3) is 3.71. The lowest BCUT2D eigenvalue weighted by atomic mass is 10.1. The first kappa shape index (κ1) is 13.4. The van der Waals surface area contributed by atoms with Gasteiger partial charge in [-0.15, -0.1) is 0 Å². The molecule has 0 bridgehead atoms. The van der Waals surface area contributed by atoms with Crippen molar-refractivity contribution < 1.29 is 13.2 Å². The number of hydrogen-bond donors (Lipinski definition) is 1. The number of nitrogens with one attached hydrogen (secondary N) is 1. The standard InChI is InChI=1S/C14H13F3N2/c1-10-5-6-13(18-8-10)19-9-11-3-2-4-12(7-11)14(15,16)17/h2-8H,9H2,1H3,(H,18,19). The molecule has 1 N–H and O–H groups in total. The van der Waals surface area contributed by atoms with Crippen molar-refractivity contribution in [1.82, 2.24) is 4.98 Å². The van der Waals surface area contributed by atoms with Crippen LogP contribution < -0.4 is 5.32 Å². The molecule has 0 saturated carbocycles. The lowest BCUT2D eigenvalue weighted by Gasteiger charge is -2.10. The topological polar surface area (TPSA) is 24.9 Å². The highest BCUT2D eigenvalue weighted by molar-refractivity contribution is 5.37. The van der Waals surface area contributed by atoms with Gasteiger partial charge in [-0.25, -0.2) is 4.98 Å². The predicted molar refractivity (Wildman–Crippen MR) is 67.7 cm³/mol. The van der Waals surface area contributed by atoms with Crippen molar-refractivity contribution in [2.45, 2.75) is 19.6 Å². The third-order valence-electron chi connectivity index (χ3n) is 2.64. The van der Waals surface area contributed by atoms with E-state index in [4.69, 9.17) is 0 Å². The van der Waals surface area contributed by atoms with Crippen LogP contribution in [0.5, 0.6) is 0 Å². The average Bonchev–Trinajstić information content (AvgIpc) is 2.37. The Labute approximate surface area is 109 Å². The Morgan fingerprint density at radius 3 is 2.58 bits per heavy atom. The molecular formula is C14H13F3N2. The monoisotopic (exact) mass is 266 g/mol. The Kier molecular flexibility index (Phi) is 3.74. The summed E-state index contributed by atoms with van der Waals surface area (Å²) in [5.74, 6) is 0.642. The number of benzene rings is 1. The average molecular weight is 266 g/mol. The van der Waals surface area contributed by atoms with E-state index in [0.29, 0.717) is 17.9 Å². The van der Waals surface area contributed by atoms with Crippen LogP contribution >= 0.6 is 0 Å². The van der Waals surface area contributed by atoms with E-state index in [1.165, 1.54) is 6.07 Å². The fourth-order valence-electron chi connectivity index (χ4n) is 1.62. The second-order valence-corrected chi connectivity index (χ2v) is 4.27. The molecule has 0 aliphatic carbocycles. The zero-order chi connectivity index (χ0) is 13.9. The maximum atomic E-state index is 12.5. The predicted octanol–water partition coefficient (Wildman–Crippen LogP) is 4.02. The van der Waals surface area contributed by atoms with Crippen LogP contribution in [0.15, 0.2) is 42.6 Å². The Bertz CT molecular complexity index is 547. The minimum Gasteiger partial charge on any atom is -0.366 e. The second-order valence-electron chi connectivity index (χ2n) is 4.27. The molecule has 100 valence electrons. The highest BCUT2D eigenvalue weighted by atomic mass is 19.4. The Balaban J connectivity index is 2.05. The van der Waals surface area contributed by atoms with Gasteiger partial charge in [-0.3, -0.25) is 0 Å². The summed E-state index contributed by atoms with van der Waals surface area (Å²) in [7, 11) is 0. The molecule has 0 spiro atoms. The van der Waals surface area contributed by atoms with Gasteiger partial charge < -0.3 is 5.32 Å². The highest BCUT2D eigenvalue weighted by Crippen LogP contribution is 2.29. The van der Waals surface area contributed by atoms with Crippen LogP contribution in [0.25, 0.3) is 0 Å². The van der Waals surface area contributed by atoms with E-state index in [1.807, 2.05) is 13.0 Å². The first-order valence-corrected chi connectivity index (χ1v) is 5.78. The smallest absolute Gasteiger partial charge is 0.366 e. The molecule has 0 saturated heterocycles. The van der Waals surface area contributed by atoms with Crippen molar-refractivity contribution in [3.05, 3.63) is 59.3 Å². The number of aromatic nitrogens is 1. The van der Waals surface area contributed by atoms with Crippen LogP contribution in [0, 0.1) is 6.92 Å². The summed E-state index contributed by atoms with van der Waals surface area (Å²) >= 11 is 0. The second kappa shape index (κ2) is 5.30. The molecule has 2 aromatic rings. The van der Waals surface area contributed by atoms with Crippen molar-refractivity contribution in [3.63, 3.8) is 0 Å². The van der Waals surface area contributed by atoms with Crippen LogP contribution in [0.4, 0.5) is 19.0 Å². The Morgan fingerprint density at radius 2 is 1.95 bits per heavy atom. The van der Waals surface area contributed by atoms with Gasteiger partial charge in [0.05, 0.1) is 5.56 Å². The maximum Gasteiger partial charge on any atom is 0.416 e. The lowest BCUT2D eigenvalue weighted by Crippen LogP contribution is -2.07. The van der Waals surface area contributed by atoms with Crippen LogP contribution in [-0.4, -0.2) is 4.98 Å². The summed E-state index contributed by atoms with van der Waals surface area (Å²) in [6.45, 7) is 2.23. The van der Waals surface area contributed by atoms with E-state index in [-0.39, 0.29) is 0 Å². The number of anilines is 1. The molecule has 2 rings (SSSR count). The minimum atomic E-state index is -4.31. The Morgan fingerprint density at radius 1 is 1.16 bits per heavy atom.